The first kappa shape index (κ1) is 19.6. The Bertz CT molecular complexity index is 633. The number of carbonyl (C=O) groups is 1. The molecule has 2 aromatic rings. The molecule has 0 saturated carbocycles. The molecule has 0 saturated heterocycles. The summed E-state index contributed by atoms with van der Waals surface area (Å²) in [6.45, 7) is 5.38. The third kappa shape index (κ3) is 6.39. The number of ether oxygens (including phenoxy) is 1. The van der Waals surface area contributed by atoms with Gasteiger partial charge in [0.2, 0.25) is 0 Å². The summed E-state index contributed by atoms with van der Waals surface area (Å²) in [7, 11) is 0. The van der Waals surface area contributed by atoms with Gasteiger partial charge in [0.1, 0.15) is 0 Å². The maximum Gasteiger partial charge on any atom is 0.330 e. The van der Waals surface area contributed by atoms with Gasteiger partial charge in [0.25, 0.3) is 0 Å². The normalized spacial score (nSPS) is 8.36. The quantitative estimate of drug-likeness (QED) is 0.484. The molecule has 0 aliphatic heterocycles. The molecule has 2 aromatic carbocycles. The first-order valence-electron chi connectivity index (χ1n) is 6.56. The predicted molar refractivity (Wildman–Crippen MR) is 83.4 cm³/mol. The Morgan fingerprint density at radius 3 is 2.27 bits per heavy atom. The SMILES string of the molecule is C=CC(=O)OCC.N#Cc1ccccc1-c1ccccc1.[Ni]. The largest absolute Gasteiger partial charge is 0.463 e. The van der Waals surface area contributed by atoms with Gasteiger partial charge in [0.05, 0.1) is 18.2 Å². The zero-order valence-electron chi connectivity index (χ0n) is 12.3. The second kappa shape index (κ2) is 11.3. The molecule has 0 radical (unpaired) electrons. The Balaban J connectivity index is 0.000000478. The molecule has 0 amide bonds. The van der Waals surface area contributed by atoms with E-state index >= 15 is 0 Å². The monoisotopic (exact) mass is 337 g/mol. The van der Waals surface area contributed by atoms with Crippen molar-refractivity contribution in [1.29, 1.82) is 5.26 Å². The number of benzene rings is 2. The van der Waals surface area contributed by atoms with Gasteiger partial charge in [-0.05, 0) is 24.1 Å². The molecule has 22 heavy (non-hydrogen) atoms. The zero-order chi connectivity index (χ0) is 15.5. The number of nitrogens with zero attached hydrogens (tertiary/aromatic N) is 1. The van der Waals surface area contributed by atoms with Crippen molar-refractivity contribution in [2.24, 2.45) is 0 Å². The van der Waals surface area contributed by atoms with Crippen LogP contribution in [0.2, 0.25) is 0 Å². The van der Waals surface area contributed by atoms with Crippen molar-refractivity contribution in [3.05, 3.63) is 72.8 Å². The minimum Gasteiger partial charge on any atom is -0.463 e. The molecule has 4 heteroatoms. The average Bonchev–Trinajstić information content (AvgIpc) is 2.56. The molecule has 0 bridgehead atoms. The van der Waals surface area contributed by atoms with Crippen LogP contribution in [0.25, 0.3) is 11.1 Å². The van der Waals surface area contributed by atoms with Gasteiger partial charge in [-0.25, -0.2) is 4.79 Å². The molecule has 3 nitrogen and oxygen atoms in total. The minimum absolute atomic E-state index is 0. The third-order valence-corrected chi connectivity index (χ3v) is 2.59. The summed E-state index contributed by atoms with van der Waals surface area (Å²) >= 11 is 0. The van der Waals surface area contributed by atoms with Crippen molar-refractivity contribution in [3.63, 3.8) is 0 Å². The van der Waals surface area contributed by atoms with E-state index in [1.165, 1.54) is 0 Å². The molecule has 0 aliphatic rings. The topological polar surface area (TPSA) is 50.1 Å². The molecule has 0 aliphatic carbocycles. The average molecular weight is 338 g/mol. The van der Waals surface area contributed by atoms with E-state index < -0.39 is 0 Å². The van der Waals surface area contributed by atoms with E-state index in [9.17, 15) is 4.79 Å². The number of hydrogen-bond donors (Lipinski definition) is 0. The van der Waals surface area contributed by atoms with Gasteiger partial charge >= 0.3 is 5.97 Å². The van der Waals surface area contributed by atoms with Crippen LogP contribution in [0.5, 0.6) is 0 Å². The summed E-state index contributed by atoms with van der Waals surface area (Å²) in [5.41, 5.74) is 2.80. The van der Waals surface area contributed by atoms with Crippen LogP contribution < -0.4 is 0 Å². The molecule has 0 atom stereocenters. The van der Waals surface area contributed by atoms with Crippen LogP contribution in [0.1, 0.15) is 12.5 Å². The summed E-state index contributed by atoms with van der Waals surface area (Å²) in [4.78, 5) is 10.1. The fourth-order valence-corrected chi connectivity index (χ4v) is 1.65. The summed E-state index contributed by atoms with van der Waals surface area (Å²) in [6, 6.07) is 19.8. The minimum atomic E-state index is -0.359. The molecule has 2 rings (SSSR count). The molecule has 116 valence electrons. The molecule has 0 spiro atoms. The van der Waals surface area contributed by atoms with Crippen LogP contribution in [0.4, 0.5) is 0 Å². The van der Waals surface area contributed by atoms with Gasteiger partial charge in [-0.3, -0.25) is 0 Å². The van der Waals surface area contributed by atoms with Crippen LogP contribution in [0.15, 0.2) is 67.3 Å². The van der Waals surface area contributed by atoms with Crippen molar-refractivity contribution < 1.29 is 26.0 Å². The van der Waals surface area contributed by atoms with E-state index in [1.54, 1.807) is 6.92 Å². The van der Waals surface area contributed by atoms with E-state index in [-0.39, 0.29) is 22.5 Å². The molecular weight excluding hydrogens is 321 g/mol. The second-order valence-corrected chi connectivity index (χ2v) is 3.98. The zero-order valence-corrected chi connectivity index (χ0v) is 13.3. The van der Waals surface area contributed by atoms with Crippen molar-refractivity contribution in [3.8, 4) is 17.2 Å². The Morgan fingerprint density at radius 2 is 1.77 bits per heavy atom. The Labute approximate surface area is 141 Å². The Kier molecular flexibility index (Phi) is 10.1. The van der Waals surface area contributed by atoms with Crippen LogP contribution in [-0.4, -0.2) is 12.6 Å². The fourth-order valence-electron chi connectivity index (χ4n) is 1.65. The number of esters is 1. The standard InChI is InChI=1S/C13H9N.C5H8O2.Ni/c14-10-12-8-4-5-9-13(12)11-6-2-1-3-7-11;1-3-5(6)7-4-2;/h1-9H;3H,1,4H2,2H3;. The van der Waals surface area contributed by atoms with Crippen LogP contribution in [0.3, 0.4) is 0 Å². The molecule has 0 aromatic heterocycles. The van der Waals surface area contributed by atoms with Crippen molar-refractivity contribution >= 4 is 5.97 Å². The Hall–Kier alpha value is -2.37. The van der Waals surface area contributed by atoms with E-state index in [0.717, 1.165) is 22.8 Å². The third-order valence-electron chi connectivity index (χ3n) is 2.59. The molecule has 0 N–H and O–H groups in total. The summed E-state index contributed by atoms with van der Waals surface area (Å²) < 4.78 is 4.43. The van der Waals surface area contributed by atoms with Crippen LogP contribution in [-0.2, 0) is 26.0 Å². The van der Waals surface area contributed by atoms with Crippen LogP contribution in [0, 0.1) is 11.3 Å². The fraction of sp³-hybridized carbons (Fsp3) is 0.111. The van der Waals surface area contributed by atoms with E-state index in [0.29, 0.717) is 6.61 Å². The maximum atomic E-state index is 10.1. The van der Waals surface area contributed by atoms with Gasteiger partial charge in [-0.1, -0.05) is 55.1 Å². The molecular formula is C18H17NNiO2. The van der Waals surface area contributed by atoms with Gasteiger partial charge < -0.3 is 4.74 Å². The first-order valence-corrected chi connectivity index (χ1v) is 6.56. The summed E-state index contributed by atoms with van der Waals surface area (Å²) in [6.07, 6.45) is 1.14. The number of hydrogen-bond acceptors (Lipinski definition) is 3. The maximum absolute atomic E-state index is 10.1. The Morgan fingerprint density at radius 1 is 1.18 bits per heavy atom. The van der Waals surface area contributed by atoms with Gasteiger partial charge in [0, 0.05) is 22.6 Å². The predicted octanol–water partition coefficient (Wildman–Crippen LogP) is 3.96. The number of carbonyl (C=O) groups excluding carboxylic acids is 1. The van der Waals surface area contributed by atoms with Crippen molar-refractivity contribution in [1.82, 2.24) is 0 Å². The molecule has 0 heterocycles. The van der Waals surface area contributed by atoms with Crippen molar-refractivity contribution in [2.45, 2.75) is 6.92 Å². The van der Waals surface area contributed by atoms with Crippen LogP contribution >= 0.6 is 0 Å². The van der Waals surface area contributed by atoms with Crippen molar-refractivity contribution in [2.75, 3.05) is 6.61 Å². The van der Waals surface area contributed by atoms with E-state index in [1.807, 2.05) is 54.6 Å². The second-order valence-electron chi connectivity index (χ2n) is 3.98. The number of nitriles is 1. The van der Waals surface area contributed by atoms with Gasteiger partial charge in [-0.2, -0.15) is 5.26 Å². The first-order chi connectivity index (χ1) is 10.2. The van der Waals surface area contributed by atoms with E-state index in [4.69, 9.17) is 5.26 Å². The number of rotatable bonds is 3. The molecule has 0 unspecified atom stereocenters. The summed E-state index contributed by atoms with van der Waals surface area (Å²) in [5.74, 6) is -0.359. The van der Waals surface area contributed by atoms with Gasteiger partial charge in [-0.15, -0.1) is 0 Å². The smallest absolute Gasteiger partial charge is 0.330 e. The van der Waals surface area contributed by atoms with Gasteiger partial charge in [0.15, 0.2) is 0 Å². The molecule has 0 fully saturated rings. The summed E-state index contributed by atoms with van der Waals surface area (Å²) in [5, 5.41) is 8.93. The van der Waals surface area contributed by atoms with E-state index in [2.05, 4.69) is 17.4 Å².